The zero-order chi connectivity index (χ0) is 28.9. The summed E-state index contributed by atoms with van der Waals surface area (Å²) in [7, 11) is 0. The molecule has 40 heavy (non-hydrogen) atoms. The molecule has 3 aromatic carbocycles. The van der Waals surface area contributed by atoms with Gasteiger partial charge in [0.15, 0.2) is 0 Å². The summed E-state index contributed by atoms with van der Waals surface area (Å²) in [6.07, 6.45) is 1.94. The second-order valence-electron chi connectivity index (χ2n) is 7.50. The van der Waals surface area contributed by atoms with E-state index in [-0.39, 0.29) is 35.0 Å². The molecule has 0 amide bonds. The van der Waals surface area contributed by atoms with E-state index in [4.69, 9.17) is 23.7 Å². The van der Waals surface area contributed by atoms with Gasteiger partial charge in [-0.05, 0) is 72.8 Å². The first kappa shape index (κ1) is 28.9. The standard InChI is InChI=1S/C29H22O11/c1-3-25(30)36-17-35-22-11-5-20(6-12-22)28(33)40-24-15-9-21(10-16-24)29(34)39-23-13-7-19(8-14-23)27(32)38-18-37-26(31)4-2/h3-16H,1-2,17-18H2. The quantitative estimate of drug-likeness (QED) is 0.141. The van der Waals surface area contributed by atoms with Crippen molar-refractivity contribution in [3.63, 3.8) is 0 Å². The van der Waals surface area contributed by atoms with Gasteiger partial charge in [0.05, 0.1) is 16.7 Å². The van der Waals surface area contributed by atoms with Crippen molar-refractivity contribution in [2.24, 2.45) is 0 Å². The number of benzene rings is 3. The van der Waals surface area contributed by atoms with Gasteiger partial charge in [-0.2, -0.15) is 0 Å². The van der Waals surface area contributed by atoms with Crippen molar-refractivity contribution < 1.29 is 52.4 Å². The maximum Gasteiger partial charge on any atom is 0.343 e. The van der Waals surface area contributed by atoms with Gasteiger partial charge in [-0.3, -0.25) is 0 Å². The number of carbonyl (C=O) groups is 5. The lowest BCUT2D eigenvalue weighted by atomic mass is 10.2. The molecule has 0 saturated heterocycles. The van der Waals surface area contributed by atoms with E-state index in [9.17, 15) is 24.0 Å². The summed E-state index contributed by atoms with van der Waals surface area (Å²) in [5.41, 5.74) is 0.576. The Bertz CT molecular complexity index is 1390. The first-order chi connectivity index (χ1) is 19.3. The number of hydrogen-bond donors (Lipinski definition) is 0. The highest BCUT2D eigenvalue weighted by atomic mass is 16.7. The molecule has 0 heterocycles. The summed E-state index contributed by atoms with van der Waals surface area (Å²) in [5, 5.41) is 0. The Kier molecular flexibility index (Phi) is 10.3. The number of carbonyl (C=O) groups excluding carboxylic acids is 5. The van der Waals surface area contributed by atoms with Crippen LogP contribution in [0.5, 0.6) is 17.2 Å². The molecular weight excluding hydrogens is 524 g/mol. The SMILES string of the molecule is C=CC(=O)OCOC(=O)c1ccc(OC(=O)c2ccc(OC(=O)c3ccc(OCOC(=O)C=C)cc3)cc2)cc1. The van der Waals surface area contributed by atoms with E-state index < -0.39 is 36.6 Å². The highest BCUT2D eigenvalue weighted by Gasteiger charge is 2.13. The summed E-state index contributed by atoms with van der Waals surface area (Å²) < 4.78 is 29.9. The minimum atomic E-state index is -0.740. The van der Waals surface area contributed by atoms with Crippen molar-refractivity contribution in [2.45, 2.75) is 0 Å². The number of ether oxygens (including phenoxy) is 6. The zero-order valence-electron chi connectivity index (χ0n) is 20.9. The lowest BCUT2D eigenvalue weighted by molar-refractivity contribution is -0.146. The summed E-state index contributed by atoms with van der Waals surface area (Å²) in [4.78, 5) is 58.8. The van der Waals surface area contributed by atoms with Crippen LogP contribution in [0.3, 0.4) is 0 Å². The van der Waals surface area contributed by atoms with Gasteiger partial charge in [-0.15, -0.1) is 0 Å². The molecule has 0 spiro atoms. The molecule has 204 valence electrons. The molecule has 0 N–H and O–H groups in total. The monoisotopic (exact) mass is 546 g/mol. The van der Waals surface area contributed by atoms with Crippen LogP contribution in [0.1, 0.15) is 31.1 Å². The molecule has 11 nitrogen and oxygen atoms in total. The summed E-state index contributed by atoms with van der Waals surface area (Å²) in [5.74, 6) is -2.68. The Morgan fingerprint density at radius 3 is 1.30 bits per heavy atom. The highest BCUT2D eigenvalue weighted by Crippen LogP contribution is 2.19. The average Bonchev–Trinajstić information content (AvgIpc) is 2.97. The third kappa shape index (κ3) is 8.70. The lowest BCUT2D eigenvalue weighted by Gasteiger charge is -2.08. The predicted molar refractivity (Wildman–Crippen MR) is 138 cm³/mol. The number of rotatable bonds is 12. The van der Waals surface area contributed by atoms with Crippen molar-refractivity contribution in [3.8, 4) is 17.2 Å². The van der Waals surface area contributed by atoms with Crippen LogP contribution in [0.15, 0.2) is 98.1 Å². The Morgan fingerprint density at radius 2 is 0.875 bits per heavy atom. The fourth-order valence-electron chi connectivity index (χ4n) is 2.84. The Labute approximate surface area is 228 Å². The fourth-order valence-corrected chi connectivity index (χ4v) is 2.84. The molecule has 0 aromatic heterocycles. The Morgan fingerprint density at radius 1 is 0.500 bits per heavy atom. The van der Waals surface area contributed by atoms with Crippen LogP contribution in [-0.2, 0) is 23.8 Å². The van der Waals surface area contributed by atoms with Crippen LogP contribution >= 0.6 is 0 Å². The first-order valence-electron chi connectivity index (χ1n) is 11.4. The molecule has 0 atom stereocenters. The minimum Gasteiger partial charge on any atom is -0.457 e. The van der Waals surface area contributed by atoms with E-state index >= 15 is 0 Å². The summed E-state index contributed by atoms with van der Waals surface area (Å²) in [6, 6.07) is 17.2. The van der Waals surface area contributed by atoms with Gasteiger partial charge in [0.2, 0.25) is 13.6 Å². The largest absolute Gasteiger partial charge is 0.457 e. The van der Waals surface area contributed by atoms with E-state index in [1.807, 2.05) is 0 Å². The second kappa shape index (κ2) is 14.3. The van der Waals surface area contributed by atoms with Crippen molar-refractivity contribution in [2.75, 3.05) is 13.6 Å². The maximum absolute atomic E-state index is 12.5. The van der Waals surface area contributed by atoms with E-state index in [0.29, 0.717) is 5.75 Å². The van der Waals surface area contributed by atoms with Crippen LogP contribution in [0.4, 0.5) is 0 Å². The van der Waals surface area contributed by atoms with Crippen molar-refractivity contribution in [1.82, 2.24) is 0 Å². The maximum atomic E-state index is 12.5. The molecular formula is C29H22O11. The fraction of sp³-hybridized carbons (Fsp3) is 0.0690. The van der Waals surface area contributed by atoms with Crippen LogP contribution in [-0.4, -0.2) is 43.4 Å². The summed E-state index contributed by atoms with van der Waals surface area (Å²) >= 11 is 0. The number of hydrogen-bond acceptors (Lipinski definition) is 11. The molecule has 0 aliphatic carbocycles. The molecule has 3 rings (SSSR count). The Balaban J connectivity index is 1.49. The van der Waals surface area contributed by atoms with Crippen molar-refractivity contribution in [1.29, 1.82) is 0 Å². The molecule has 0 aliphatic rings. The van der Waals surface area contributed by atoms with Crippen LogP contribution in [0, 0.1) is 0 Å². The molecule has 0 unspecified atom stereocenters. The smallest absolute Gasteiger partial charge is 0.343 e. The molecule has 0 radical (unpaired) electrons. The van der Waals surface area contributed by atoms with Crippen molar-refractivity contribution >= 4 is 29.8 Å². The van der Waals surface area contributed by atoms with E-state index in [1.165, 1.54) is 72.8 Å². The average molecular weight is 546 g/mol. The van der Waals surface area contributed by atoms with Crippen LogP contribution in [0.25, 0.3) is 0 Å². The van der Waals surface area contributed by atoms with Gasteiger partial charge in [-0.1, -0.05) is 13.2 Å². The third-order valence-corrected chi connectivity index (χ3v) is 4.84. The van der Waals surface area contributed by atoms with Crippen LogP contribution < -0.4 is 14.2 Å². The molecule has 11 heteroatoms. The zero-order valence-corrected chi connectivity index (χ0v) is 20.9. The van der Waals surface area contributed by atoms with Crippen LogP contribution in [0.2, 0.25) is 0 Å². The van der Waals surface area contributed by atoms with E-state index in [2.05, 4.69) is 17.9 Å². The van der Waals surface area contributed by atoms with Gasteiger partial charge in [0, 0.05) is 12.2 Å². The lowest BCUT2D eigenvalue weighted by Crippen LogP contribution is -2.12. The van der Waals surface area contributed by atoms with E-state index in [0.717, 1.165) is 12.2 Å². The molecule has 0 bridgehead atoms. The van der Waals surface area contributed by atoms with Gasteiger partial charge in [0.1, 0.15) is 17.2 Å². The van der Waals surface area contributed by atoms with Gasteiger partial charge in [0.25, 0.3) is 0 Å². The van der Waals surface area contributed by atoms with Gasteiger partial charge < -0.3 is 28.4 Å². The third-order valence-electron chi connectivity index (χ3n) is 4.84. The predicted octanol–water partition coefficient (Wildman–Crippen LogP) is 4.03. The molecule has 3 aromatic rings. The van der Waals surface area contributed by atoms with Crippen molar-refractivity contribution in [3.05, 3.63) is 115 Å². The second-order valence-corrected chi connectivity index (χ2v) is 7.50. The van der Waals surface area contributed by atoms with E-state index in [1.54, 1.807) is 0 Å². The molecule has 0 aliphatic heterocycles. The highest BCUT2D eigenvalue weighted by molar-refractivity contribution is 5.93. The van der Waals surface area contributed by atoms with Gasteiger partial charge in [-0.25, -0.2) is 24.0 Å². The summed E-state index contributed by atoms with van der Waals surface area (Å²) in [6.45, 7) is 5.62. The normalized spacial score (nSPS) is 9.90. The topological polar surface area (TPSA) is 141 Å². The molecule has 0 fully saturated rings. The first-order valence-corrected chi connectivity index (χ1v) is 11.4. The molecule has 0 saturated carbocycles. The van der Waals surface area contributed by atoms with Gasteiger partial charge >= 0.3 is 29.8 Å². The number of esters is 5. The Hall–Kier alpha value is -5.71. The minimum absolute atomic E-state index is 0.150.